The molecule has 3 N–H and O–H groups in total. The Balaban J connectivity index is 2.49. The molecule has 1 aliphatic carbocycles. The first kappa shape index (κ1) is 9.48. The van der Waals surface area contributed by atoms with Crippen molar-refractivity contribution in [3.63, 3.8) is 0 Å². The van der Waals surface area contributed by atoms with Gasteiger partial charge in [-0.15, -0.1) is 0 Å². The number of nitrogens with two attached hydrogens (primary N) is 1. The van der Waals surface area contributed by atoms with E-state index in [2.05, 4.69) is 0 Å². The van der Waals surface area contributed by atoms with Crippen LogP contribution >= 0.6 is 0 Å². The molecule has 4 heteroatoms. The minimum absolute atomic E-state index is 0.171. The van der Waals surface area contributed by atoms with E-state index in [9.17, 15) is 9.90 Å². The lowest BCUT2D eigenvalue weighted by Gasteiger charge is -2.32. The van der Waals surface area contributed by atoms with E-state index in [-0.39, 0.29) is 6.10 Å². The lowest BCUT2D eigenvalue weighted by molar-refractivity contribution is -0.142. The van der Waals surface area contributed by atoms with Crippen LogP contribution in [0.5, 0.6) is 0 Å². The van der Waals surface area contributed by atoms with Gasteiger partial charge in [0.2, 0.25) is 5.91 Å². The van der Waals surface area contributed by atoms with Crippen molar-refractivity contribution in [3.8, 4) is 0 Å². The molecular formula is C8H15NO3. The van der Waals surface area contributed by atoms with Gasteiger partial charge in [-0.2, -0.15) is 0 Å². The standard InChI is InChI=1S/C8H15NO3/c1-12-6-2-4-8(11,5-3-6)7(9)10/h6,11H,2-5H2,1H3,(H2,9,10). The van der Waals surface area contributed by atoms with Crippen LogP contribution in [0.1, 0.15) is 25.7 Å². The normalized spacial score (nSPS) is 36.3. The second kappa shape index (κ2) is 3.41. The third-order valence-corrected chi connectivity index (χ3v) is 2.55. The van der Waals surface area contributed by atoms with Crippen molar-refractivity contribution in [1.29, 1.82) is 0 Å². The number of carbonyl (C=O) groups excluding carboxylic acids is 1. The van der Waals surface area contributed by atoms with Crippen molar-refractivity contribution in [2.24, 2.45) is 5.73 Å². The van der Waals surface area contributed by atoms with E-state index in [1.807, 2.05) is 0 Å². The summed E-state index contributed by atoms with van der Waals surface area (Å²) in [5.74, 6) is -0.614. The van der Waals surface area contributed by atoms with Crippen molar-refractivity contribution >= 4 is 5.91 Å². The maximum absolute atomic E-state index is 10.8. The van der Waals surface area contributed by atoms with Gasteiger partial charge in [0.15, 0.2) is 0 Å². The van der Waals surface area contributed by atoms with Crippen molar-refractivity contribution in [3.05, 3.63) is 0 Å². The Bertz CT molecular complexity index is 173. The van der Waals surface area contributed by atoms with Crippen molar-refractivity contribution in [2.45, 2.75) is 37.4 Å². The quantitative estimate of drug-likeness (QED) is 0.607. The summed E-state index contributed by atoms with van der Waals surface area (Å²) in [5.41, 5.74) is 3.78. The first-order chi connectivity index (χ1) is 5.58. The zero-order chi connectivity index (χ0) is 9.19. The van der Waals surface area contributed by atoms with Crippen molar-refractivity contribution in [2.75, 3.05) is 7.11 Å². The highest BCUT2D eigenvalue weighted by Gasteiger charge is 2.38. The predicted molar refractivity (Wildman–Crippen MR) is 43.4 cm³/mol. The second-order valence-corrected chi connectivity index (χ2v) is 3.33. The topological polar surface area (TPSA) is 72.6 Å². The van der Waals surface area contributed by atoms with Gasteiger partial charge in [-0.25, -0.2) is 0 Å². The minimum Gasteiger partial charge on any atom is -0.381 e. The van der Waals surface area contributed by atoms with Gasteiger partial charge in [0.1, 0.15) is 5.60 Å². The van der Waals surface area contributed by atoms with Gasteiger partial charge in [0.05, 0.1) is 6.10 Å². The number of ether oxygens (including phenoxy) is 1. The number of rotatable bonds is 2. The maximum atomic E-state index is 10.8. The van der Waals surface area contributed by atoms with Gasteiger partial charge < -0.3 is 15.6 Å². The molecule has 4 nitrogen and oxygen atoms in total. The van der Waals surface area contributed by atoms with E-state index in [1.165, 1.54) is 0 Å². The Hall–Kier alpha value is -0.610. The number of aliphatic hydroxyl groups is 1. The maximum Gasteiger partial charge on any atom is 0.249 e. The summed E-state index contributed by atoms with van der Waals surface area (Å²) in [4.78, 5) is 10.8. The first-order valence-electron chi connectivity index (χ1n) is 4.13. The monoisotopic (exact) mass is 173 g/mol. The average Bonchev–Trinajstić information content (AvgIpc) is 2.06. The predicted octanol–water partition coefficient (Wildman–Crippen LogP) is -0.208. The van der Waals surface area contributed by atoms with Crippen LogP contribution in [0.15, 0.2) is 0 Å². The molecule has 0 aromatic carbocycles. The van der Waals surface area contributed by atoms with Gasteiger partial charge >= 0.3 is 0 Å². The summed E-state index contributed by atoms with van der Waals surface area (Å²) in [6, 6.07) is 0. The summed E-state index contributed by atoms with van der Waals surface area (Å²) in [6.07, 6.45) is 2.41. The van der Waals surface area contributed by atoms with Crippen LogP contribution in [0.2, 0.25) is 0 Å². The Morgan fingerprint density at radius 1 is 1.58 bits per heavy atom. The van der Waals surface area contributed by atoms with Crippen LogP contribution in [0.3, 0.4) is 0 Å². The number of hydrogen-bond acceptors (Lipinski definition) is 3. The molecule has 1 amide bonds. The Morgan fingerprint density at radius 2 is 2.08 bits per heavy atom. The fraction of sp³-hybridized carbons (Fsp3) is 0.875. The van der Waals surface area contributed by atoms with Gasteiger partial charge in [-0.05, 0) is 25.7 Å². The van der Waals surface area contributed by atoms with E-state index in [0.29, 0.717) is 25.7 Å². The Labute approximate surface area is 71.7 Å². The summed E-state index contributed by atoms with van der Waals surface area (Å²) < 4.78 is 5.10. The van der Waals surface area contributed by atoms with E-state index < -0.39 is 11.5 Å². The highest BCUT2D eigenvalue weighted by Crippen LogP contribution is 2.29. The smallest absolute Gasteiger partial charge is 0.249 e. The molecule has 12 heavy (non-hydrogen) atoms. The van der Waals surface area contributed by atoms with Crippen LogP contribution in [-0.2, 0) is 9.53 Å². The van der Waals surface area contributed by atoms with E-state index in [0.717, 1.165) is 0 Å². The SMILES string of the molecule is COC1CCC(O)(C(N)=O)CC1. The molecular weight excluding hydrogens is 158 g/mol. The number of hydrogen-bond donors (Lipinski definition) is 2. The lowest BCUT2D eigenvalue weighted by atomic mass is 9.83. The third-order valence-electron chi connectivity index (χ3n) is 2.55. The second-order valence-electron chi connectivity index (χ2n) is 3.33. The molecule has 1 fully saturated rings. The Morgan fingerprint density at radius 3 is 2.42 bits per heavy atom. The highest BCUT2D eigenvalue weighted by molar-refractivity contribution is 5.83. The molecule has 0 aromatic heterocycles. The molecule has 0 atom stereocenters. The summed E-state index contributed by atoms with van der Waals surface area (Å²) in [6.45, 7) is 0. The van der Waals surface area contributed by atoms with Crippen LogP contribution in [0.25, 0.3) is 0 Å². The molecule has 0 spiro atoms. The average molecular weight is 173 g/mol. The zero-order valence-corrected chi connectivity index (χ0v) is 7.25. The Kier molecular flexibility index (Phi) is 2.69. The van der Waals surface area contributed by atoms with Gasteiger partial charge in [-0.1, -0.05) is 0 Å². The summed E-state index contributed by atoms with van der Waals surface area (Å²) in [7, 11) is 1.64. The molecule has 1 saturated carbocycles. The fourth-order valence-corrected chi connectivity index (χ4v) is 1.55. The molecule has 1 rings (SSSR count). The molecule has 0 bridgehead atoms. The van der Waals surface area contributed by atoms with Gasteiger partial charge in [-0.3, -0.25) is 4.79 Å². The molecule has 0 heterocycles. The largest absolute Gasteiger partial charge is 0.381 e. The first-order valence-corrected chi connectivity index (χ1v) is 4.13. The lowest BCUT2D eigenvalue weighted by Crippen LogP contribution is -2.47. The van der Waals surface area contributed by atoms with Crippen molar-refractivity contribution in [1.82, 2.24) is 0 Å². The molecule has 1 aliphatic rings. The van der Waals surface area contributed by atoms with E-state index in [4.69, 9.17) is 10.5 Å². The summed E-state index contributed by atoms with van der Waals surface area (Å²) in [5, 5.41) is 9.63. The number of primary amides is 1. The number of carbonyl (C=O) groups is 1. The molecule has 0 aromatic rings. The van der Waals surface area contributed by atoms with E-state index >= 15 is 0 Å². The van der Waals surface area contributed by atoms with Gasteiger partial charge in [0, 0.05) is 7.11 Å². The van der Waals surface area contributed by atoms with Crippen molar-refractivity contribution < 1.29 is 14.6 Å². The molecule has 70 valence electrons. The number of methoxy groups -OCH3 is 1. The highest BCUT2D eigenvalue weighted by atomic mass is 16.5. The minimum atomic E-state index is -1.28. The summed E-state index contributed by atoms with van der Waals surface area (Å²) >= 11 is 0. The molecule has 0 radical (unpaired) electrons. The van der Waals surface area contributed by atoms with Crippen LogP contribution in [-0.4, -0.2) is 29.8 Å². The fourth-order valence-electron chi connectivity index (χ4n) is 1.55. The molecule has 0 saturated heterocycles. The van der Waals surface area contributed by atoms with E-state index in [1.54, 1.807) is 7.11 Å². The molecule has 0 unspecified atom stereocenters. The molecule has 0 aliphatic heterocycles. The van der Waals surface area contributed by atoms with Crippen LogP contribution in [0.4, 0.5) is 0 Å². The van der Waals surface area contributed by atoms with Crippen LogP contribution in [0, 0.1) is 0 Å². The zero-order valence-electron chi connectivity index (χ0n) is 7.25. The number of amides is 1. The van der Waals surface area contributed by atoms with Crippen LogP contribution < -0.4 is 5.73 Å². The third kappa shape index (κ3) is 1.76. The van der Waals surface area contributed by atoms with Gasteiger partial charge in [0.25, 0.3) is 0 Å².